The van der Waals surface area contributed by atoms with E-state index in [2.05, 4.69) is 31.3 Å². The molecule has 0 bridgehead atoms. The quantitative estimate of drug-likeness (QED) is 0.0441. The van der Waals surface area contributed by atoms with Gasteiger partial charge in [0, 0.05) is 0 Å². The van der Waals surface area contributed by atoms with Gasteiger partial charge in [0.25, 0.3) is 0 Å². The number of aliphatic hydroxyl groups is 3. The van der Waals surface area contributed by atoms with Gasteiger partial charge in [-0.3, -0.25) is 4.79 Å². The molecule has 5 heteroatoms. The Morgan fingerprint density at radius 3 is 1.49 bits per heavy atom. The summed E-state index contributed by atoms with van der Waals surface area (Å²) in [5.74, 6) is -0.326. The third-order valence-electron chi connectivity index (χ3n) is 8.49. The summed E-state index contributed by atoms with van der Waals surface area (Å²) in [6.45, 7) is 4.15. The Bertz CT molecular complexity index is 635. The van der Waals surface area contributed by atoms with Crippen LogP contribution in [0, 0.1) is 0 Å². The van der Waals surface area contributed by atoms with Crippen molar-refractivity contribution in [2.45, 2.75) is 205 Å². The van der Waals surface area contributed by atoms with Gasteiger partial charge < -0.3 is 20.6 Å². The average molecular weight is 608 g/mol. The van der Waals surface area contributed by atoms with Crippen LogP contribution >= 0.6 is 0 Å². The van der Waals surface area contributed by atoms with Gasteiger partial charge in [-0.25, -0.2) is 0 Å². The molecule has 0 aromatic heterocycles. The molecule has 0 spiro atoms. The van der Waals surface area contributed by atoms with Gasteiger partial charge in [0.2, 0.25) is 5.91 Å². The van der Waals surface area contributed by atoms with Crippen LogP contribution in [0.3, 0.4) is 0 Å². The molecule has 3 unspecified atom stereocenters. The number of carbonyl (C=O) groups is 1. The second-order valence-corrected chi connectivity index (χ2v) is 12.8. The van der Waals surface area contributed by atoms with Gasteiger partial charge in [0.1, 0.15) is 0 Å². The van der Waals surface area contributed by atoms with E-state index < -0.39 is 18.2 Å². The van der Waals surface area contributed by atoms with Gasteiger partial charge in [-0.1, -0.05) is 173 Å². The van der Waals surface area contributed by atoms with Gasteiger partial charge in [0.15, 0.2) is 0 Å². The first-order valence-electron chi connectivity index (χ1n) is 18.6. The number of hydrogen-bond acceptors (Lipinski definition) is 4. The first-order valence-corrected chi connectivity index (χ1v) is 18.6. The van der Waals surface area contributed by atoms with Crippen molar-refractivity contribution in [3.05, 3.63) is 24.3 Å². The van der Waals surface area contributed by atoms with Crippen molar-refractivity contribution in [2.75, 3.05) is 6.61 Å². The van der Waals surface area contributed by atoms with Crippen LogP contribution < -0.4 is 5.32 Å². The number of unbranched alkanes of at least 4 members (excludes halogenated alkanes) is 22. The highest BCUT2D eigenvalue weighted by Gasteiger charge is 2.20. The van der Waals surface area contributed by atoms with E-state index >= 15 is 0 Å². The average Bonchev–Trinajstić information content (AvgIpc) is 3.00. The number of hydrogen-bond donors (Lipinski definition) is 4. The SMILES string of the molecule is CCCCCC/C=C/CC/C=C/C(O)C(CO)NC(=O)CC(O)CCCCCCCCCCCCCCCCCCCC. The van der Waals surface area contributed by atoms with Crippen molar-refractivity contribution in [3.8, 4) is 0 Å². The lowest BCUT2D eigenvalue weighted by molar-refractivity contribution is -0.124. The van der Waals surface area contributed by atoms with Crippen LogP contribution in [0.15, 0.2) is 24.3 Å². The van der Waals surface area contributed by atoms with Crippen LogP contribution in [0.5, 0.6) is 0 Å². The van der Waals surface area contributed by atoms with Crippen molar-refractivity contribution in [2.24, 2.45) is 0 Å². The molecule has 43 heavy (non-hydrogen) atoms. The minimum Gasteiger partial charge on any atom is -0.394 e. The molecule has 0 saturated carbocycles. The Morgan fingerprint density at radius 1 is 0.581 bits per heavy atom. The number of nitrogens with one attached hydrogen (secondary N) is 1. The Morgan fingerprint density at radius 2 is 1.00 bits per heavy atom. The molecule has 0 fully saturated rings. The van der Waals surface area contributed by atoms with Crippen molar-refractivity contribution < 1.29 is 20.1 Å². The lowest BCUT2D eigenvalue weighted by Gasteiger charge is -2.21. The standard InChI is InChI=1S/C38H73NO4/c1-3-5-7-9-11-13-15-16-17-18-19-20-21-22-23-25-27-29-31-35(41)33-38(43)39-36(34-40)37(42)32-30-28-26-24-14-12-10-8-6-4-2/h14,24,30,32,35-37,40-42H,3-13,15-23,25-29,31,33-34H2,1-2H3,(H,39,43)/b24-14+,32-30+. The van der Waals surface area contributed by atoms with Crippen LogP contribution in [-0.2, 0) is 4.79 Å². The number of allylic oxidation sites excluding steroid dienone is 3. The van der Waals surface area contributed by atoms with Crippen LogP contribution in [0.1, 0.15) is 187 Å². The molecule has 0 heterocycles. The van der Waals surface area contributed by atoms with Crippen molar-refractivity contribution in [1.82, 2.24) is 5.32 Å². The van der Waals surface area contributed by atoms with E-state index in [1.54, 1.807) is 6.08 Å². The predicted octanol–water partition coefficient (Wildman–Crippen LogP) is 9.87. The van der Waals surface area contributed by atoms with Gasteiger partial charge in [0.05, 0.1) is 31.3 Å². The highest BCUT2D eigenvalue weighted by Crippen LogP contribution is 2.15. The zero-order valence-electron chi connectivity index (χ0n) is 28.6. The molecule has 3 atom stereocenters. The van der Waals surface area contributed by atoms with Crippen LogP contribution in [0.4, 0.5) is 0 Å². The summed E-state index contributed by atoms with van der Waals surface area (Å²) in [5, 5.41) is 32.9. The lowest BCUT2D eigenvalue weighted by Crippen LogP contribution is -2.45. The highest BCUT2D eigenvalue weighted by atomic mass is 16.3. The molecule has 4 N–H and O–H groups in total. The number of rotatable bonds is 33. The molecule has 0 aliphatic heterocycles. The summed E-state index contributed by atoms with van der Waals surface area (Å²) in [6, 6.07) is -0.754. The molecule has 5 nitrogen and oxygen atoms in total. The minimum atomic E-state index is -0.945. The maximum atomic E-state index is 12.3. The van der Waals surface area contributed by atoms with Gasteiger partial charge in [-0.05, 0) is 32.1 Å². The summed E-state index contributed by atoms with van der Waals surface area (Å²) in [5.41, 5.74) is 0. The third-order valence-corrected chi connectivity index (χ3v) is 8.49. The van der Waals surface area contributed by atoms with Crippen LogP contribution in [0.25, 0.3) is 0 Å². The molecule has 1 amide bonds. The maximum absolute atomic E-state index is 12.3. The Kier molecular flexibility index (Phi) is 32.8. The van der Waals surface area contributed by atoms with Crippen LogP contribution in [-0.4, -0.2) is 46.1 Å². The highest BCUT2D eigenvalue weighted by molar-refractivity contribution is 5.76. The topological polar surface area (TPSA) is 89.8 Å². The molecule has 0 aromatic rings. The molecule has 254 valence electrons. The van der Waals surface area contributed by atoms with E-state index in [1.165, 1.54) is 128 Å². The molecule has 0 rings (SSSR count). The fraction of sp³-hybridized carbons (Fsp3) is 0.868. The smallest absolute Gasteiger partial charge is 0.222 e. The van der Waals surface area contributed by atoms with Gasteiger partial charge in [-0.15, -0.1) is 0 Å². The number of aliphatic hydroxyl groups excluding tert-OH is 3. The summed E-state index contributed by atoms with van der Waals surface area (Å²) in [4.78, 5) is 12.3. The second kappa shape index (κ2) is 33.7. The lowest BCUT2D eigenvalue weighted by atomic mass is 10.0. The molecule has 0 aliphatic rings. The van der Waals surface area contributed by atoms with E-state index in [0.717, 1.165) is 32.1 Å². The molecular formula is C38H73NO4. The molecule has 0 radical (unpaired) electrons. The van der Waals surface area contributed by atoms with E-state index in [1.807, 2.05) is 6.08 Å². The monoisotopic (exact) mass is 608 g/mol. The van der Waals surface area contributed by atoms with Gasteiger partial charge in [-0.2, -0.15) is 0 Å². The number of amides is 1. The first-order chi connectivity index (χ1) is 21.0. The number of carbonyl (C=O) groups excluding carboxylic acids is 1. The van der Waals surface area contributed by atoms with E-state index in [-0.39, 0.29) is 18.9 Å². The van der Waals surface area contributed by atoms with Crippen molar-refractivity contribution in [1.29, 1.82) is 0 Å². The largest absolute Gasteiger partial charge is 0.394 e. The minimum absolute atomic E-state index is 0.00887. The maximum Gasteiger partial charge on any atom is 0.222 e. The van der Waals surface area contributed by atoms with E-state index in [4.69, 9.17) is 0 Å². The zero-order chi connectivity index (χ0) is 31.6. The predicted molar refractivity (Wildman–Crippen MR) is 185 cm³/mol. The molecule has 0 saturated heterocycles. The Balaban J connectivity index is 3.68. The van der Waals surface area contributed by atoms with Gasteiger partial charge >= 0.3 is 0 Å². The normalized spacial score (nSPS) is 14.1. The molecule has 0 aromatic carbocycles. The summed E-state index contributed by atoms with van der Waals surface area (Å²) in [6.07, 6.45) is 38.8. The Labute approximate surface area is 267 Å². The van der Waals surface area contributed by atoms with Crippen molar-refractivity contribution >= 4 is 5.91 Å². The second-order valence-electron chi connectivity index (χ2n) is 12.8. The molecular weight excluding hydrogens is 534 g/mol. The first kappa shape index (κ1) is 41.8. The Hall–Kier alpha value is -1.17. The van der Waals surface area contributed by atoms with E-state index in [9.17, 15) is 20.1 Å². The summed E-state index contributed by atoms with van der Waals surface area (Å²) in [7, 11) is 0. The van der Waals surface area contributed by atoms with Crippen molar-refractivity contribution in [3.63, 3.8) is 0 Å². The van der Waals surface area contributed by atoms with Crippen LogP contribution in [0.2, 0.25) is 0 Å². The molecule has 0 aliphatic carbocycles. The third kappa shape index (κ3) is 30.6. The van der Waals surface area contributed by atoms with E-state index in [0.29, 0.717) is 6.42 Å². The fourth-order valence-electron chi connectivity index (χ4n) is 5.59. The summed E-state index contributed by atoms with van der Waals surface area (Å²) < 4.78 is 0. The summed E-state index contributed by atoms with van der Waals surface area (Å²) >= 11 is 0. The fourth-order valence-corrected chi connectivity index (χ4v) is 5.59. The zero-order valence-corrected chi connectivity index (χ0v) is 28.6.